The summed E-state index contributed by atoms with van der Waals surface area (Å²) in [6.07, 6.45) is 3.64. The molecule has 206 valence electrons. The monoisotopic (exact) mass is 552 g/mol. The van der Waals surface area contributed by atoms with Crippen LogP contribution in [0.3, 0.4) is 0 Å². The Bertz CT molecular complexity index is 1710. The summed E-state index contributed by atoms with van der Waals surface area (Å²) < 4.78 is 35.2. The van der Waals surface area contributed by atoms with Gasteiger partial charge in [0.05, 0.1) is 16.6 Å². The van der Waals surface area contributed by atoms with Crippen molar-refractivity contribution in [3.63, 3.8) is 0 Å². The summed E-state index contributed by atoms with van der Waals surface area (Å²) in [6.45, 7) is 6.32. The number of hydrogen-bond donors (Lipinski definition) is 0. The Labute approximate surface area is 226 Å². The van der Waals surface area contributed by atoms with Crippen molar-refractivity contribution in [2.24, 2.45) is 0 Å². The molecule has 4 heterocycles. The number of piperidine rings is 1. The Morgan fingerprint density at radius 1 is 1.08 bits per heavy atom. The van der Waals surface area contributed by atoms with Crippen LogP contribution in [0.1, 0.15) is 39.7 Å². The van der Waals surface area contributed by atoms with Gasteiger partial charge in [0, 0.05) is 44.8 Å². The number of fused-ring (bicyclic) bond motifs is 3. The molecule has 1 aliphatic heterocycles. The first kappa shape index (κ1) is 26.7. The van der Waals surface area contributed by atoms with E-state index < -0.39 is 15.6 Å². The lowest BCUT2D eigenvalue weighted by Gasteiger charge is -2.34. The van der Waals surface area contributed by atoms with Crippen molar-refractivity contribution in [2.45, 2.75) is 50.2 Å². The van der Waals surface area contributed by atoms with Crippen LogP contribution in [-0.2, 0) is 14.8 Å². The maximum absolute atomic E-state index is 13.8. The standard InChI is InChI=1S/C27H32N6O5S/c1-27(2,3)38-26(35)31-14-11-18(12-15-31)33-22-20-13-16-32(39(36,37)19-9-7-6-8-10-19)23(20)28-17-21(22)29-24(25(33)34)30(4)5/h6-10,13,16-18H,11-12,14-15H2,1-5H3. The van der Waals surface area contributed by atoms with E-state index in [1.165, 1.54) is 24.5 Å². The molecule has 5 rings (SSSR count). The number of carbonyl (C=O) groups is 1. The molecule has 0 N–H and O–H groups in total. The van der Waals surface area contributed by atoms with Crippen LogP contribution in [0, 0.1) is 0 Å². The number of pyridine rings is 1. The Balaban J connectivity index is 1.63. The topological polar surface area (TPSA) is 120 Å². The second-order valence-corrected chi connectivity index (χ2v) is 12.7. The van der Waals surface area contributed by atoms with E-state index in [9.17, 15) is 18.0 Å². The SMILES string of the molecule is CN(C)c1nc2cnc3c(ccn3S(=O)(=O)c3ccccc3)c2n(C2CCN(C(=O)OC(C)(C)C)CC2)c1=O. The Morgan fingerprint density at radius 3 is 2.36 bits per heavy atom. The maximum atomic E-state index is 13.8. The molecule has 11 nitrogen and oxygen atoms in total. The molecule has 1 fully saturated rings. The third kappa shape index (κ3) is 4.84. The van der Waals surface area contributed by atoms with Crippen molar-refractivity contribution in [1.29, 1.82) is 0 Å². The zero-order valence-electron chi connectivity index (χ0n) is 22.7. The number of likely N-dealkylation sites (tertiary alicyclic amines) is 1. The van der Waals surface area contributed by atoms with Crippen LogP contribution < -0.4 is 10.5 Å². The summed E-state index contributed by atoms with van der Waals surface area (Å²) in [5.41, 5.74) is 0.335. The van der Waals surface area contributed by atoms with Crippen LogP contribution in [0.5, 0.6) is 0 Å². The van der Waals surface area contributed by atoms with E-state index in [1.54, 1.807) is 52.7 Å². The van der Waals surface area contributed by atoms with Gasteiger partial charge in [-0.3, -0.25) is 9.36 Å². The molecule has 0 atom stereocenters. The first-order valence-corrected chi connectivity index (χ1v) is 14.2. The van der Waals surface area contributed by atoms with Gasteiger partial charge in [-0.25, -0.2) is 27.2 Å². The number of carbonyl (C=O) groups excluding carboxylic acids is 1. The number of benzene rings is 1. The minimum Gasteiger partial charge on any atom is -0.444 e. The van der Waals surface area contributed by atoms with Gasteiger partial charge in [0.15, 0.2) is 11.5 Å². The predicted molar refractivity (Wildman–Crippen MR) is 149 cm³/mol. The van der Waals surface area contributed by atoms with Gasteiger partial charge in [-0.1, -0.05) is 18.2 Å². The number of ether oxygens (including phenoxy) is 1. The Hall–Kier alpha value is -3.93. The molecule has 0 spiro atoms. The largest absolute Gasteiger partial charge is 0.444 e. The summed E-state index contributed by atoms with van der Waals surface area (Å²) in [7, 11) is -0.412. The highest BCUT2D eigenvalue weighted by molar-refractivity contribution is 7.90. The van der Waals surface area contributed by atoms with Gasteiger partial charge in [-0.05, 0) is 51.8 Å². The summed E-state index contributed by atoms with van der Waals surface area (Å²) >= 11 is 0. The third-order valence-corrected chi connectivity index (χ3v) is 8.40. The highest BCUT2D eigenvalue weighted by Gasteiger charge is 2.31. The molecule has 3 aromatic heterocycles. The molecule has 1 aromatic carbocycles. The van der Waals surface area contributed by atoms with Crippen molar-refractivity contribution >= 4 is 44.0 Å². The zero-order valence-corrected chi connectivity index (χ0v) is 23.5. The highest BCUT2D eigenvalue weighted by atomic mass is 32.2. The predicted octanol–water partition coefficient (Wildman–Crippen LogP) is 3.62. The van der Waals surface area contributed by atoms with Crippen molar-refractivity contribution < 1.29 is 17.9 Å². The molecule has 1 aliphatic rings. The van der Waals surface area contributed by atoms with Crippen molar-refractivity contribution in [2.75, 3.05) is 32.1 Å². The molecular weight excluding hydrogens is 520 g/mol. The van der Waals surface area contributed by atoms with Crippen LogP contribution >= 0.6 is 0 Å². The molecule has 0 unspecified atom stereocenters. The van der Waals surface area contributed by atoms with Gasteiger partial charge in [-0.2, -0.15) is 0 Å². The van der Waals surface area contributed by atoms with Crippen molar-refractivity contribution in [3.8, 4) is 0 Å². The zero-order chi connectivity index (χ0) is 28.1. The quantitative estimate of drug-likeness (QED) is 0.377. The van der Waals surface area contributed by atoms with Gasteiger partial charge >= 0.3 is 6.09 Å². The molecule has 39 heavy (non-hydrogen) atoms. The van der Waals surface area contributed by atoms with Crippen molar-refractivity contribution in [1.82, 2.24) is 23.4 Å². The van der Waals surface area contributed by atoms with Gasteiger partial charge in [0.2, 0.25) is 0 Å². The number of amides is 1. The molecule has 1 amide bonds. The fourth-order valence-corrected chi connectivity index (χ4v) is 6.24. The third-order valence-electron chi connectivity index (χ3n) is 6.72. The Morgan fingerprint density at radius 2 is 1.74 bits per heavy atom. The van der Waals surface area contributed by atoms with Crippen LogP contribution in [0.15, 0.2) is 58.5 Å². The minimum absolute atomic E-state index is 0.136. The minimum atomic E-state index is -3.91. The van der Waals surface area contributed by atoms with E-state index in [-0.39, 0.29) is 34.1 Å². The average Bonchev–Trinajstić information content (AvgIpc) is 3.33. The summed E-state index contributed by atoms with van der Waals surface area (Å²) in [5, 5.41) is 0.511. The molecule has 1 saturated heterocycles. The fourth-order valence-electron chi connectivity index (χ4n) is 4.92. The lowest BCUT2D eigenvalue weighted by atomic mass is 10.0. The first-order valence-electron chi connectivity index (χ1n) is 12.8. The fraction of sp³-hybridized carbons (Fsp3) is 0.407. The van der Waals surface area contributed by atoms with E-state index in [0.29, 0.717) is 42.4 Å². The molecule has 0 bridgehead atoms. The lowest BCUT2D eigenvalue weighted by Crippen LogP contribution is -2.43. The van der Waals surface area contributed by atoms with Gasteiger partial charge in [0.1, 0.15) is 11.1 Å². The summed E-state index contributed by atoms with van der Waals surface area (Å²) in [6, 6.07) is 9.56. The highest BCUT2D eigenvalue weighted by Crippen LogP contribution is 2.31. The number of rotatable bonds is 4. The van der Waals surface area contributed by atoms with Gasteiger partial charge in [0.25, 0.3) is 15.6 Å². The molecule has 12 heteroatoms. The number of nitrogens with zero attached hydrogens (tertiary/aromatic N) is 6. The van der Waals surface area contributed by atoms with E-state index in [2.05, 4.69) is 9.97 Å². The van der Waals surface area contributed by atoms with E-state index in [0.717, 1.165) is 3.97 Å². The second kappa shape index (κ2) is 9.67. The van der Waals surface area contributed by atoms with Gasteiger partial charge < -0.3 is 14.5 Å². The smallest absolute Gasteiger partial charge is 0.410 e. The van der Waals surface area contributed by atoms with E-state index in [1.807, 2.05) is 20.8 Å². The normalized spacial score (nSPS) is 15.2. The summed E-state index contributed by atoms with van der Waals surface area (Å²) in [5.74, 6) is 0.259. The molecule has 0 radical (unpaired) electrons. The van der Waals surface area contributed by atoms with Crippen LogP contribution in [-0.4, -0.2) is 70.7 Å². The van der Waals surface area contributed by atoms with Gasteiger partial charge in [-0.15, -0.1) is 0 Å². The average molecular weight is 553 g/mol. The molecule has 0 saturated carbocycles. The van der Waals surface area contributed by atoms with Crippen LogP contribution in [0.2, 0.25) is 0 Å². The lowest BCUT2D eigenvalue weighted by molar-refractivity contribution is 0.0189. The Kier molecular flexibility index (Phi) is 6.61. The molecule has 4 aromatic rings. The van der Waals surface area contributed by atoms with E-state index >= 15 is 0 Å². The van der Waals surface area contributed by atoms with Crippen LogP contribution in [0.4, 0.5) is 10.6 Å². The van der Waals surface area contributed by atoms with Crippen LogP contribution in [0.25, 0.3) is 22.1 Å². The first-order chi connectivity index (χ1) is 18.4. The van der Waals surface area contributed by atoms with Crippen molar-refractivity contribution in [3.05, 3.63) is 59.1 Å². The summed E-state index contributed by atoms with van der Waals surface area (Å²) in [4.78, 5) is 38.9. The maximum Gasteiger partial charge on any atom is 0.410 e. The number of aromatic nitrogens is 4. The van der Waals surface area contributed by atoms with E-state index in [4.69, 9.17) is 4.74 Å². The second-order valence-electron chi connectivity index (χ2n) is 10.9. The number of anilines is 1. The number of hydrogen-bond acceptors (Lipinski definition) is 8. The molecular formula is C27H32N6O5S. The molecule has 0 aliphatic carbocycles.